The van der Waals surface area contributed by atoms with Gasteiger partial charge in [-0.15, -0.1) is 0 Å². The smallest absolute Gasteiger partial charge is 0.282 e. The van der Waals surface area contributed by atoms with Crippen molar-refractivity contribution in [3.05, 3.63) is 23.8 Å². The molecule has 1 aromatic heterocycles. The Morgan fingerprint density at radius 2 is 2.05 bits per heavy atom. The van der Waals surface area contributed by atoms with E-state index in [1.54, 1.807) is 10.5 Å². The number of rotatable bonds is 3. The first-order valence-electron chi connectivity index (χ1n) is 7.23. The van der Waals surface area contributed by atoms with Gasteiger partial charge in [-0.2, -0.15) is 17.0 Å². The van der Waals surface area contributed by atoms with Crippen molar-refractivity contribution < 1.29 is 13.2 Å². The fraction of sp³-hybridized carbons (Fsp3) is 0.692. The van der Waals surface area contributed by atoms with Crippen LogP contribution >= 0.6 is 0 Å². The van der Waals surface area contributed by atoms with Gasteiger partial charge < -0.3 is 4.74 Å². The third kappa shape index (κ3) is 2.94. The zero-order valence-corrected chi connectivity index (χ0v) is 12.9. The van der Waals surface area contributed by atoms with Crippen LogP contribution < -0.4 is 0 Å². The fourth-order valence-corrected chi connectivity index (χ4v) is 4.70. The van der Waals surface area contributed by atoms with E-state index in [-0.39, 0.29) is 6.04 Å². The van der Waals surface area contributed by atoms with Gasteiger partial charge in [0.2, 0.25) is 0 Å². The molecular weight excluding hydrogens is 292 g/mol. The number of morpholine rings is 1. The summed E-state index contributed by atoms with van der Waals surface area (Å²) in [5, 5.41) is 0. The van der Waals surface area contributed by atoms with Crippen LogP contribution in [-0.2, 0) is 14.9 Å². The van der Waals surface area contributed by atoms with Crippen molar-refractivity contribution in [3.8, 4) is 0 Å². The van der Waals surface area contributed by atoms with Crippen LogP contribution in [0.2, 0.25) is 0 Å². The van der Waals surface area contributed by atoms with Crippen LogP contribution in [0.15, 0.2) is 12.3 Å². The molecule has 0 radical (unpaired) electrons. The molecule has 3 heterocycles. The predicted octanol–water partition coefficient (Wildman–Crippen LogP) is 0.499. The Hall–Kier alpha value is -1.09. The highest BCUT2D eigenvalue weighted by molar-refractivity contribution is 7.86. The van der Waals surface area contributed by atoms with Crippen LogP contribution in [0.4, 0.5) is 0 Å². The second kappa shape index (κ2) is 5.96. The maximum atomic E-state index is 12.8. The molecule has 0 saturated carbocycles. The van der Waals surface area contributed by atoms with Crippen LogP contribution in [0, 0.1) is 6.92 Å². The molecular formula is C13H20N4O3S. The van der Waals surface area contributed by atoms with Crippen molar-refractivity contribution in [1.82, 2.24) is 18.6 Å². The Balaban J connectivity index is 1.86. The van der Waals surface area contributed by atoms with Crippen molar-refractivity contribution in [3.63, 3.8) is 0 Å². The van der Waals surface area contributed by atoms with Gasteiger partial charge in [-0.1, -0.05) is 0 Å². The molecule has 1 unspecified atom stereocenters. The summed E-state index contributed by atoms with van der Waals surface area (Å²) in [4.78, 5) is 8.49. The van der Waals surface area contributed by atoms with Crippen LogP contribution in [0.25, 0.3) is 0 Å². The molecule has 1 aromatic rings. The van der Waals surface area contributed by atoms with Crippen molar-refractivity contribution >= 4 is 10.2 Å². The van der Waals surface area contributed by atoms with E-state index >= 15 is 0 Å². The summed E-state index contributed by atoms with van der Waals surface area (Å²) in [6, 6.07) is 1.63. The van der Waals surface area contributed by atoms with E-state index in [0.717, 1.165) is 18.5 Å². The summed E-state index contributed by atoms with van der Waals surface area (Å²) in [5.74, 6) is 0.670. The maximum Gasteiger partial charge on any atom is 0.282 e. The van der Waals surface area contributed by atoms with Gasteiger partial charge in [-0.25, -0.2) is 9.97 Å². The SMILES string of the molecule is Cc1nccc(C2CCCN2S(=O)(=O)N2CCOCC2)n1. The standard InChI is InChI=1S/C13H20N4O3S/c1-11-14-5-4-12(15-11)13-3-2-6-17(13)21(18,19)16-7-9-20-10-8-16/h4-5,13H,2-3,6-10H2,1H3. The van der Waals surface area contributed by atoms with E-state index in [9.17, 15) is 8.42 Å². The first kappa shape index (κ1) is 14.8. The monoisotopic (exact) mass is 312 g/mol. The van der Waals surface area contributed by atoms with Gasteiger partial charge in [0.05, 0.1) is 24.9 Å². The molecule has 0 spiro atoms. The topological polar surface area (TPSA) is 75.6 Å². The lowest BCUT2D eigenvalue weighted by atomic mass is 10.1. The number of aryl methyl sites for hydroxylation is 1. The normalized spacial score (nSPS) is 25.3. The molecule has 0 N–H and O–H groups in total. The van der Waals surface area contributed by atoms with Gasteiger partial charge in [0.25, 0.3) is 10.2 Å². The molecule has 2 aliphatic rings. The summed E-state index contributed by atoms with van der Waals surface area (Å²) in [6.07, 6.45) is 3.35. The quantitative estimate of drug-likeness (QED) is 0.812. The molecule has 1 atom stereocenters. The maximum absolute atomic E-state index is 12.8. The first-order valence-corrected chi connectivity index (χ1v) is 8.63. The van der Waals surface area contributed by atoms with Crippen LogP contribution in [0.1, 0.15) is 30.4 Å². The third-order valence-electron chi connectivity index (χ3n) is 3.94. The number of nitrogens with zero attached hydrogens (tertiary/aromatic N) is 4. The number of ether oxygens (including phenoxy) is 1. The minimum absolute atomic E-state index is 0.181. The Bertz CT molecular complexity index is 601. The van der Waals surface area contributed by atoms with E-state index in [1.807, 2.05) is 13.0 Å². The minimum atomic E-state index is -3.45. The van der Waals surface area contributed by atoms with Crippen molar-refractivity contribution in [2.45, 2.75) is 25.8 Å². The second-order valence-corrected chi connectivity index (χ2v) is 7.20. The number of hydrogen-bond acceptors (Lipinski definition) is 5. The second-order valence-electron chi connectivity index (χ2n) is 5.32. The molecule has 0 bridgehead atoms. The van der Waals surface area contributed by atoms with Gasteiger partial charge in [0, 0.05) is 25.8 Å². The van der Waals surface area contributed by atoms with E-state index < -0.39 is 10.2 Å². The molecule has 2 fully saturated rings. The lowest BCUT2D eigenvalue weighted by Crippen LogP contribution is -2.48. The van der Waals surface area contributed by atoms with Crippen LogP contribution in [-0.4, -0.2) is 59.8 Å². The summed E-state index contributed by atoms with van der Waals surface area (Å²) >= 11 is 0. The van der Waals surface area contributed by atoms with Gasteiger partial charge in [-0.05, 0) is 25.8 Å². The molecule has 116 valence electrons. The van der Waals surface area contributed by atoms with Gasteiger partial charge in [0.15, 0.2) is 0 Å². The molecule has 0 amide bonds. The van der Waals surface area contributed by atoms with Crippen molar-refractivity contribution in [1.29, 1.82) is 0 Å². The zero-order chi connectivity index (χ0) is 14.9. The summed E-state index contributed by atoms with van der Waals surface area (Å²) in [6.45, 7) is 4.14. The molecule has 21 heavy (non-hydrogen) atoms. The van der Waals surface area contributed by atoms with Crippen LogP contribution in [0.3, 0.4) is 0 Å². The van der Waals surface area contributed by atoms with Gasteiger partial charge >= 0.3 is 0 Å². The molecule has 2 saturated heterocycles. The van der Waals surface area contributed by atoms with Gasteiger partial charge in [0.1, 0.15) is 5.82 Å². The Morgan fingerprint density at radius 1 is 1.29 bits per heavy atom. The molecule has 0 aromatic carbocycles. The van der Waals surface area contributed by atoms with Crippen LogP contribution in [0.5, 0.6) is 0 Å². The van der Waals surface area contributed by atoms with Crippen molar-refractivity contribution in [2.75, 3.05) is 32.8 Å². The highest BCUT2D eigenvalue weighted by atomic mass is 32.2. The highest BCUT2D eigenvalue weighted by Gasteiger charge is 2.39. The third-order valence-corrected chi connectivity index (χ3v) is 5.98. The predicted molar refractivity (Wildman–Crippen MR) is 76.8 cm³/mol. The lowest BCUT2D eigenvalue weighted by Gasteiger charge is -2.32. The number of hydrogen-bond donors (Lipinski definition) is 0. The molecule has 2 aliphatic heterocycles. The van der Waals surface area contributed by atoms with E-state index in [0.29, 0.717) is 38.7 Å². The zero-order valence-electron chi connectivity index (χ0n) is 12.1. The summed E-state index contributed by atoms with van der Waals surface area (Å²) in [5.41, 5.74) is 0.789. The minimum Gasteiger partial charge on any atom is -0.379 e. The average molecular weight is 312 g/mol. The molecule has 3 rings (SSSR count). The summed E-state index contributed by atoms with van der Waals surface area (Å²) < 4.78 is 34.0. The van der Waals surface area contributed by atoms with E-state index in [2.05, 4.69) is 9.97 Å². The van der Waals surface area contributed by atoms with Gasteiger partial charge in [-0.3, -0.25) is 0 Å². The molecule has 8 heteroatoms. The summed E-state index contributed by atoms with van der Waals surface area (Å²) in [7, 11) is -3.45. The fourth-order valence-electron chi connectivity index (χ4n) is 2.90. The van der Waals surface area contributed by atoms with E-state index in [4.69, 9.17) is 4.74 Å². The number of aromatic nitrogens is 2. The average Bonchev–Trinajstić information content (AvgIpc) is 2.98. The van der Waals surface area contributed by atoms with E-state index in [1.165, 1.54) is 4.31 Å². The first-order chi connectivity index (χ1) is 10.1. The Kier molecular flexibility index (Phi) is 4.21. The van der Waals surface area contributed by atoms with Crippen molar-refractivity contribution in [2.24, 2.45) is 0 Å². The highest BCUT2D eigenvalue weighted by Crippen LogP contribution is 2.34. The molecule has 7 nitrogen and oxygen atoms in total. The largest absolute Gasteiger partial charge is 0.379 e. The Morgan fingerprint density at radius 3 is 2.76 bits per heavy atom. The Labute approximate surface area is 125 Å². The molecule has 0 aliphatic carbocycles. The lowest BCUT2D eigenvalue weighted by molar-refractivity contribution is 0.0698.